The quantitative estimate of drug-likeness (QED) is 0.569. The van der Waals surface area contributed by atoms with Crippen molar-refractivity contribution in [1.82, 2.24) is 25.7 Å². The highest BCUT2D eigenvalue weighted by atomic mass is 16.2. The molecule has 0 aromatic carbocycles. The molecule has 4 N–H and O–H groups in total. The Morgan fingerprint density at radius 3 is 2.62 bits per heavy atom. The molecule has 29 heavy (non-hydrogen) atoms. The lowest BCUT2D eigenvalue weighted by atomic mass is 9.70. The lowest BCUT2D eigenvalue weighted by molar-refractivity contribution is -0.137. The summed E-state index contributed by atoms with van der Waals surface area (Å²) in [6.45, 7) is 10.2. The monoisotopic (exact) mass is 404 g/mol. The molecule has 9 nitrogen and oxygen atoms in total. The number of carbonyl (C=O) groups is 3. The van der Waals surface area contributed by atoms with E-state index in [4.69, 9.17) is 0 Å². The fraction of sp³-hybridized carbons (Fsp3) is 0.700. The topological polar surface area (TPSA) is 117 Å². The fourth-order valence-corrected chi connectivity index (χ4v) is 4.68. The largest absolute Gasteiger partial charge is 0.345 e. The summed E-state index contributed by atoms with van der Waals surface area (Å²) in [5, 5.41) is 15.9. The minimum atomic E-state index is -0.739. The van der Waals surface area contributed by atoms with Crippen LogP contribution in [-0.2, 0) is 14.4 Å². The van der Waals surface area contributed by atoms with Gasteiger partial charge < -0.3 is 16.0 Å². The molecule has 1 aromatic heterocycles. The van der Waals surface area contributed by atoms with Crippen molar-refractivity contribution in [1.29, 1.82) is 0 Å². The molecule has 0 bridgehead atoms. The predicted octanol–water partition coefficient (Wildman–Crippen LogP) is 1.42. The number of amides is 3. The van der Waals surface area contributed by atoms with Crippen LogP contribution in [0, 0.1) is 18.3 Å². The number of nitrogens with zero attached hydrogens (tertiary/aromatic N) is 2. The van der Waals surface area contributed by atoms with Gasteiger partial charge in [-0.2, -0.15) is 5.10 Å². The van der Waals surface area contributed by atoms with Gasteiger partial charge in [0.1, 0.15) is 5.82 Å². The average molecular weight is 405 g/mol. The fourth-order valence-electron chi connectivity index (χ4n) is 4.68. The van der Waals surface area contributed by atoms with Gasteiger partial charge in [0.15, 0.2) is 6.29 Å². The second-order valence-electron chi connectivity index (χ2n) is 9.40. The van der Waals surface area contributed by atoms with Gasteiger partial charge in [0, 0.05) is 24.6 Å². The number of aromatic nitrogens is 2. The Balaban J connectivity index is 1.66. The van der Waals surface area contributed by atoms with Crippen LogP contribution in [0.1, 0.15) is 65.4 Å². The second kappa shape index (κ2) is 8.14. The van der Waals surface area contributed by atoms with Gasteiger partial charge in [0.05, 0.1) is 5.69 Å². The zero-order valence-electron chi connectivity index (χ0n) is 17.8. The molecule has 1 aliphatic carbocycles. The third kappa shape index (κ3) is 5.35. The molecule has 1 saturated heterocycles. The number of rotatable bonds is 3. The van der Waals surface area contributed by atoms with Crippen LogP contribution in [0.25, 0.3) is 0 Å². The lowest BCUT2D eigenvalue weighted by Crippen LogP contribution is -2.52. The van der Waals surface area contributed by atoms with E-state index in [2.05, 4.69) is 47.1 Å². The maximum atomic E-state index is 12.5. The third-order valence-corrected chi connectivity index (χ3v) is 5.50. The van der Waals surface area contributed by atoms with Gasteiger partial charge in [-0.15, -0.1) is 0 Å². The minimum absolute atomic E-state index is 0.0150. The predicted molar refractivity (Wildman–Crippen MR) is 109 cm³/mol. The zero-order chi connectivity index (χ0) is 21.3. The van der Waals surface area contributed by atoms with E-state index in [1.165, 1.54) is 4.68 Å². The van der Waals surface area contributed by atoms with Crippen molar-refractivity contribution in [3.8, 4) is 0 Å². The molecular formula is C20H32N6O3. The van der Waals surface area contributed by atoms with Crippen molar-refractivity contribution in [2.24, 2.45) is 11.3 Å². The van der Waals surface area contributed by atoms with Gasteiger partial charge in [-0.3, -0.25) is 19.7 Å². The highest BCUT2D eigenvalue weighted by Crippen LogP contribution is 2.38. The summed E-state index contributed by atoms with van der Waals surface area (Å²) in [5.74, 6) is -0.638. The number of nitrogens with one attached hydrogen (secondary N) is 4. The van der Waals surface area contributed by atoms with Crippen LogP contribution in [-0.4, -0.2) is 39.6 Å². The van der Waals surface area contributed by atoms with Crippen molar-refractivity contribution >= 4 is 23.5 Å². The molecule has 0 radical (unpaired) electrons. The van der Waals surface area contributed by atoms with Crippen LogP contribution in [0.15, 0.2) is 6.07 Å². The Hall–Kier alpha value is -2.42. The Kier molecular flexibility index (Phi) is 5.97. The maximum absolute atomic E-state index is 12.5. The Morgan fingerprint density at radius 1 is 1.24 bits per heavy atom. The highest BCUT2D eigenvalue weighted by Gasteiger charge is 2.34. The molecule has 1 saturated carbocycles. The summed E-state index contributed by atoms with van der Waals surface area (Å²) in [5.41, 5.74) is 0.807. The molecule has 4 unspecified atom stereocenters. The Labute approximate surface area is 171 Å². The van der Waals surface area contributed by atoms with Crippen LogP contribution in [0.4, 0.5) is 5.82 Å². The normalized spacial score (nSPS) is 29.1. The highest BCUT2D eigenvalue weighted by molar-refractivity contribution is 6.39. The molecule has 3 rings (SSSR count). The molecule has 2 aliphatic rings. The molecule has 1 aliphatic heterocycles. The first kappa shape index (κ1) is 21.3. The number of anilines is 1. The van der Waals surface area contributed by atoms with Gasteiger partial charge in [-0.1, -0.05) is 20.8 Å². The summed E-state index contributed by atoms with van der Waals surface area (Å²) in [4.78, 5) is 36.9. The van der Waals surface area contributed by atoms with E-state index in [1.54, 1.807) is 13.0 Å². The average Bonchev–Trinajstić information content (AvgIpc) is 2.92. The summed E-state index contributed by atoms with van der Waals surface area (Å²) in [6.07, 6.45) is 2.62. The summed E-state index contributed by atoms with van der Waals surface area (Å²) >= 11 is 0. The summed E-state index contributed by atoms with van der Waals surface area (Å²) in [6, 6.07) is 1.63. The smallest absolute Gasteiger partial charge is 0.314 e. The van der Waals surface area contributed by atoms with Crippen LogP contribution in [0.3, 0.4) is 0 Å². The minimum Gasteiger partial charge on any atom is -0.345 e. The molecule has 2 heterocycles. The van der Waals surface area contributed by atoms with Crippen LogP contribution < -0.4 is 21.3 Å². The second-order valence-corrected chi connectivity index (χ2v) is 9.40. The SMILES string of the molecule is Cc1cc(NC(=O)C(=O)NC2CC(C)CC(C)(C)C2)n(C2NC(=O)CC(C)N2)n1. The van der Waals surface area contributed by atoms with E-state index in [0.29, 0.717) is 23.9 Å². The van der Waals surface area contributed by atoms with Crippen molar-refractivity contribution < 1.29 is 14.4 Å². The van der Waals surface area contributed by atoms with Gasteiger partial charge >= 0.3 is 11.8 Å². The first-order valence-corrected chi connectivity index (χ1v) is 10.3. The van der Waals surface area contributed by atoms with E-state index < -0.39 is 18.1 Å². The van der Waals surface area contributed by atoms with E-state index in [9.17, 15) is 14.4 Å². The first-order chi connectivity index (χ1) is 13.5. The molecule has 9 heteroatoms. The maximum Gasteiger partial charge on any atom is 0.314 e. The zero-order valence-corrected chi connectivity index (χ0v) is 17.8. The number of hydrogen-bond donors (Lipinski definition) is 4. The van der Waals surface area contributed by atoms with E-state index in [-0.39, 0.29) is 23.4 Å². The van der Waals surface area contributed by atoms with E-state index in [1.807, 2.05) is 6.92 Å². The van der Waals surface area contributed by atoms with Crippen molar-refractivity contribution in [2.45, 2.75) is 78.7 Å². The van der Waals surface area contributed by atoms with Crippen molar-refractivity contribution in [3.05, 3.63) is 11.8 Å². The van der Waals surface area contributed by atoms with Crippen LogP contribution in [0.2, 0.25) is 0 Å². The molecule has 160 valence electrons. The number of hydrogen-bond acceptors (Lipinski definition) is 5. The Morgan fingerprint density at radius 2 is 1.97 bits per heavy atom. The van der Waals surface area contributed by atoms with Crippen molar-refractivity contribution in [3.63, 3.8) is 0 Å². The molecule has 3 amide bonds. The third-order valence-electron chi connectivity index (χ3n) is 5.50. The number of aryl methyl sites for hydroxylation is 1. The molecule has 2 fully saturated rings. The molecule has 0 spiro atoms. The first-order valence-electron chi connectivity index (χ1n) is 10.3. The summed E-state index contributed by atoms with van der Waals surface area (Å²) < 4.78 is 1.49. The lowest BCUT2D eigenvalue weighted by Gasteiger charge is -2.39. The number of carbonyl (C=O) groups excluding carboxylic acids is 3. The van der Waals surface area contributed by atoms with Gasteiger partial charge in [-0.25, -0.2) is 4.68 Å². The van der Waals surface area contributed by atoms with Crippen molar-refractivity contribution in [2.75, 3.05) is 5.32 Å². The van der Waals surface area contributed by atoms with E-state index >= 15 is 0 Å². The Bertz CT molecular complexity index is 802. The van der Waals surface area contributed by atoms with Crippen LogP contribution >= 0.6 is 0 Å². The van der Waals surface area contributed by atoms with Crippen LogP contribution in [0.5, 0.6) is 0 Å². The summed E-state index contributed by atoms with van der Waals surface area (Å²) in [7, 11) is 0. The van der Waals surface area contributed by atoms with Gasteiger partial charge in [-0.05, 0) is 44.4 Å². The van der Waals surface area contributed by atoms with Gasteiger partial charge in [0.25, 0.3) is 0 Å². The molecule has 1 aromatic rings. The molecular weight excluding hydrogens is 372 g/mol. The van der Waals surface area contributed by atoms with Gasteiger partial charge in [0.2, 0.25) is 5.91 Å². The standard InChI is InChI=1S/C20H32N6O3/c1-11-6-14(10-20(4,5)9-11)22-17(28)18(29)23-15-7-13(3)25-26(15)19-21-12(2)8-16(27)24-19/h7,11-12,14,19,21H,6,8-10H2,1-5H3,(H,22,28)(H,23,29)(H,24,27). The molecule has 4 atom stereocenters. The van der Waals surface area contributed by atoms with E-state index in [0.717, 1.165) is 19.3 Å².